The van der Waals surface area contributed by atoms with Crippen molar-refractivity contribution in [2.24, 2.45) is 11.7 Å². The monoisotopic (exact) mass is 263 g/mol. The van der Waals surface area contributed by atoms with Crippen LogP contribution in [0.1, 0.15) is 46.4 Å². The minimum Gasteiger partial charge on any atom is -0.331 e. The Bertz CT molecular complexity index is 403. The highest BCUT2D eigenvalue weighted by Gasteiger charge is 2.30. The number of carbonyl (C=O) groups excluding carboxylic acids is 1. The van der Waals surface area contributed by atoms with Gasteiger partial charge in [-0.2, -0.15) is 0 Å². The number of aromatic nitrogens is 1. The van der Waals surface area contributed by atoms with E-state index in [1.165, 1.54) is 0 Å². The van der Waals surface area contributed by atoms with Gasteiger partial charge in [0.25, 0.3) is 0 Å². The molecule has 19 heavy (non-hydrogen) atoms. The molecular weight excluding hydrogens is 238 g/mol. The van der Waals surface area contributed by atoms with Crippen molar-refractivity contribution in [3.63, 3.8) is 0 Å². The third-order valence-corrected chi connectivity index (χ3v) is 3.35. The third kappa shape index (κ3) is 3.77. The summed E-state index contributed by atoms with van der Waals surface area (Å²) in [6.07, 6.45) is 1.75. The molecule has 0 spiro atoms. The molecule has 1 aromatic heterocycles. The number of nitrogens with zero attached hydrogens (tertiary/aromatic N) is 2. The Hall–Kier alpha value is -1.42. The van der Waals surface area contributed by atoms with Crippen LogP contribution in [0.25, 0.3) is 0 Å². The van der Waals surface area contributed by atoms with E-state index in [1.807, 2.05) is 57.7 Å². The van der Waals surface area contributed by atoms with Gasteiger partial charge in [-0.25, -0.2) is 0 Å². The maximum atomic E-state index is 12.5. The number of carbonyl (C=O) groups is 1. The largest absolute Gasteiger partial charge is 0.331 e. The summed E-state index contributed by atoms with van der Waals surface area (Å²) in [6.45, 7) is 9.93. The van der Waals surface area contributed by atoms with Gasteiger partial charge in [0.05, 0.1) is 17.8 Å². The van der Waals surface area contributed by atoms with Crippen LogP contribution in [-0.4, -0.2) is 27.9 Å². The van der Waals surface area contributed by atoms with Crippen LogP contribution in [0.5, 0.6) is 0 Å². The first-order valence-corrected chi connectivity index (χ1v) is 6.85. The minimum absolute atomic E-state index is 0.0110. The van der Waals surface area contributed by atoms with Gasteiger partial charge in [-0.3, -0.25) is 9.78 Å². The van der Waals surface area contributed by atoms with E-state index in [4.69, 9.17) is 5.73 Å². The molecule has 2 N–H and O–H groups in total. The van der Waals surface area contributed by atoms with Crippen molar-refractivity contribution in [1.29, 1.82) is 0 Å². The van der Waals surface area contributed by atoms with Crippen LogP contribution in [0.2, 0.25) is 0 Å². The maximum Gasteiger partial charge on any atom is 0.240 e. The second-order valence-corrected chi connectivity index (χ2v) is 5.54. The van der Waals surface area contributed by atoms with Gasteiger partial charge < -0.3 is 10.6 Å². The molecular formula is C15H25N3O. The lowest BCUT2D eigenvalue weighted by atomic mass is 10.0. The van der Waals surface area contributed by atoms with E-state index in [1.54, 1.807) is 6.20 Å². The molecule has 1 unspecified atom stereocenters. The molecule has 0 bridgehead atoms. The van der Waals surface area contributed by atoms with Crippen LogP contribution in [-0.2, 0) is 4.79 Å². The fourth-order valence-corrected chi connectivity index (χ4v) is 2.12. The zero-order valence-electron chi connectivity index (χ0n) is 12.5. The molecule has 0 aromatic carbocycles. The average Bonchev–Trinajstić information content (AvgIpc) is 2.38. The highest BCUT2D eigenvalue weighted by atomic mass is 16.2. The number of amides is 1. The van der Waals surface area contributed by atoms with Crippen molar-refractivity contribution in [2.75, 3.05) is 0 Å². The standard InChI is InChI=1S/C15H25N3O/c1-10(2)14(16)15(19)18(11(3)4)12(5)13-8-6-7-9-17-13/h6-12,14H,16H2,1-5H3/t12?,14-/m0/s1. The first-order valence-electron chi connectivity index (χ1n) is 6.85. The van der Waals surface area contributed by atoms with Gasteiger partial charge in [0, 0.05) is 12.2 Å². The quantitative estimate of drug-likeness (QED) is 0.887. The summed E-state index contributed by atoms with van der Waals surface area (Å²) in [7, 11) is 0. The lowest BCUT2D eigenvalue weighted by Gasteiger charge is -2.35. The molecule has 0 aliphatic carbocycles. The molecule has 0 aliphatic rings. The summed E-state index contributed by atoms with van der Waals surface area (Å²) in [4.78, 5) is 18.7. The molecule has 0 saturated heterocycles. The smallest absolute Gasteiger partial charge is 0.240 e. The summed E-state index contributed by atoms with van der Waals surface area (Å²) in [5.74, 6) is 0.118. The van der Waals surface area contributed by atoms with Crippen LogP contribution < -0.4 is 5.73 Å². The number of rotatable bonds is 5. The average molecular weight is 263 g/mol. The molecule has 1 heterocycles. The van der Waals surface area contributed by atoms with Crippen LogP contribution in [0.4, 0.5) is 0 Å². The summed E-state index contributed by atoms with van der Waals surface area (Å²) in [5.41, 5.74) is 6.89. The van der Waals surface area contributed by atoms with Gasteiger partial charge in [0.15, 0.2) is 0 Å². The second kappa shape index (κ2) is 6.66. The summed E-state index contributed by atoms with van der Waals surface area (Å²) < 4.78 is 0. The molecule has 4 nitrogen and oxygen atoms in total. The van der Waals surface area contributed by atoms with Gasteiger partial charge in [-0.15, -0.1) is 0 Å². The molecule has 1 amide bonds. The van der Waals surface area contributed by atoms with E-state index in [0.717, 1.165) is 5.69 Å². The lowest BCUT2D eigenvalue weighted by molar-refractivity contribution is -0.137. The van der Waals surface area contributed by atoms with Crippen molar-refractivity contribution >= 4 is 5.91 Å². The summed E-state index contributed by atoms with van der Waals surface area (Å²) in [6, 6.07) is 5.30. The Morgan fingerprint density at radius 2 is 1.84 bits per heavy atom. The second-order valence-electron chi connectivity index (χ2n) is 5.54. The van der Waals surface area contributed by atoms with E-state index in [2.05, 4.69) is 4.98 Å². The van der Waals surface area contributed by atoms with Crippen molar-refractivity contribution in [3.05, 3.63) is 30.1 Å². The van der Waals surface area contributed by atoms with E-state index in [9.17, 15) is 4.79 Å². The molecule has 1 aromatic rings. The first-order chi connectivity index (χ1) is 8.86. The molecule has 0 fully saturated rings. The van der Waals surface area contributed by atoms with Crippen molar-refractivity contribution in [2.45, 2.75) is 52.7 Å². The summed E-state index contributed by atoms with van der Waals surface area (Å²) >= 11 is 0. The lowest BCUT2D eigenvalue weighted by Crippen LogP contribution is -2.50. The molecule has 1 rings (SSSR count). The Balaban J connectivity index is 2.98. The van der Waals surface area contributed by atoms with E-state index >= 15 is 0 Å². The SMILES string of the molecule is CC(C)[C@H](N)C(=O)N(C(C)C)C(C)c1ccccn1. The van der Waals surface area contributed by atoms with Gasteiger partial charge in [-0.05, 0) is 38.8 Å². The molecule has 106 valence electrons. The number of hydrogen-bond donors (Lipinski definition) is 1. The Labute approximate surface area is 116 Å². The van der Waals surface area contributed by atoms with Crippen molar-refractivity contribution in [1.82, 2.24) is 9.88 Å². The first kappa shape index (κ1) is 15.6. The minimum atomic E-state index is -0.464. The summed E-state index contributed by atoms with van der Waals surface area (Å²) in [5, 5.41) is 0. The zero-order chi connectivity index (χ0) is 14.6. The molecule has 0 radical (unpaired) electrons. The third-order valence-electron chi connectivity index (χ3n) is 3.35. The van der Waals surface area contributed by atoms with Gasteiger partial charge >= 0.3 is 0 Å². The van der Waals surface area contributed by atoms with Crippen LogP contribution in [0.15, 0.2) is 24.4 Å². The van der Waals surface area contributed by atoms with Gasteiger partial charge in [-0.1, -0.05) is 19.9 Å². The maximum absolute atomic E-state index is 12.5. The normalized spacial score (nSPS) is 14.5. The highest BCUT2D eigenvalue weighted by molar-refractivity contribution is 5.82. The molecule has 0 aliphatic heterocycles. The number of pyridine rings is 1. The van der Waals surface area contributed by atoms with E-state index in [-0.39, 0.29) is 23.9 Å². The Morgan fingerprint density at radius 1 is 1.21 bits per heavy atom. The zero-order valence-corrected chi connectivity index (χ0v) is 12.5. The van der Waals surface area contributed by atoms with Gasteiger partial charge in [0.1, 0.15) is 0 Å². The van der Waals surface area contributed by atoms with E-state index in [0.29, 0.717) is 0 Å². The van der Waals surface area contributed by atoms with Crippen LogP contribution >= 0.6 is 0 Å². The van der Waals surface area contributed by atoms with E-state index < -0.39 is 6.04 Å². The number of nitrogens with two attached hydrogens (primary N) is 1. The number of hydrogen-bond acceptors (Lipinski definition) is 3. The molecule has 4 heteroatoms. The fourth-order valence-electron chi connectivity index (χ4n) is 2.12. The van der Waals surface area contributed by atoms with Gasteiger partial charge in [0.2, 0.25) is 5.91 Å². The topological polar surface area (TPSA) is 59.2 Å². The predicted molar refractivity (Wildman–Crippen MR) is 77.4 cm³/mol. The highest BCUT2D eigenvalue weighted by Crippen LogP contribution is 2.22. The Kier molecular flexibility index (Phi) is 5.48. The predicted octanol–water partition coefficient (Wildman–Crippen LogP) is 2.36. The fraction of sp³-hybridized carbons (Fsp3) is 0.600. The van der Waals surface area contributed by atoms with Crippen LogP contribution in [0.3, 0.4) is 0 Å². The van der Waals surface area contributed by atoms with Crippen molar-refractivity contribution < 1.29 is 4.79 Å². The molecule has 0 saturated carbocycles. The molecule has 2 atom stereocenters. The van der Waals surface area contributed by atoms with Crippen molar-refractivity contribution in [3.8, 4) is 0 Å². The Morgan fingerprint density at radius 3 is 2.26 bits per heavy atom. The van der Waals surface area contributed by atoms with Crippen LogP contribution in [0, 0.1) is 5.92 Å².